The molecule has 26 heavy (non-hydrogen) atoms. The van der Waals surface area contributed by atoms with Crippen LogP contribution in [0, 0.1) is 0 Å². The molecule has 134 valence electrons. The number of hydrogen-bond acceptors (Lipinski definition) is 7. The lowest BCUT2D eigenvalue weighted by Crippen LogP contribution is -2.26. The quantitative estimate of drug-likeness (QED) is 0.622. The number of amides is 1. The lowest BCUT2D eigenvalue weighted by molar-refractivity contribution is 0.0992. The number of nitrogens with one attached hydrogen (secondary N) is 1. The summed E-state index contributed by atoms with van der Waals surface area (Å²) >= 11 is 1.40. The van der Waals surface area contributed by atoms with Crippen LogP contribution in [0.15, 0.2) is 48.1 Å². The van der Waals surface area contributed by atoms with Gasteiger partial charge < -0.3 is 11.1 Å². The number of pyridine rings is 2. The Labute approximate surface area is 155 Å². The normalized spacial score (nSPS) is 10.5. The van der Waals surface area contributed by atoms with Gasteiger partial charge in [-0.05, 0) is 37.2 Å². The van der Waals surface area contributed by atoms with E-state index < -0.39 is 0 Å². The highest BCUT2D eigenvalue weighted by Crippen LogP contribution is 2.26. The van der Waals surface area contributed by atoms with Crippen LogP contribution in [0.2, 0.25) is 0 Å². The first-order valence-corrected chi connectivity index (χ1v) is 9.12. The predicted octanol–water partition coefficient (Wildman–Crippen LogP) is 2.64. The number of anilines is 2. The van der Waals surface area contributed by atoms with Gasteiger partial charge in [-0.2, -0.15) is 0 Å². The molecule has 7 nitrogen and oxygen atoms in total. The fraction of sp³-hybridized carbons (Fsp3) is 0.222. The average molecular weight is 368 g/mol. The Kier molecular flexibility index (Phi) is 5.88. The molecule has 0 aromatic carbocycles. The first kappa shape index (κ1) is 18.0. The van der Waals surface area contributed by atoms with Crippen molar-refractivity contribution >= 4 is 28.2 Å². The predicted molar refractivity (Wildman–Crippen MR) is 104 cm³/mol. The Balaban J connectivity index is 1.69. The zero-order chi connectivity index (χ0) is 18.4. The zero-order valence-corrected chi connectivity index (χ0v) is 15.2. The summed E-state index contributed by atoms with van der Waals surface area (Å²) in [6, 6.07) is 9.20. The van der Waals surface area contributed by atoms with E-state index in [0.29, 0.717) is 17.2 Å². The molecule has 1 amide bonds. The van der Waals surface area contributed by atoms with Crippen LogP contribution < -0.4 is 16.0 Å². The van der Waals surface area contributed by atoms with Gasteiger partial charge in [-0.3, -0.25) is 14.7 Å². The minimum absolute atomic E-state index is 0.159. The molecular weight excluding hydrogens is 348 g/mol. The smallest absolute Gasteiger partial charge is 0.261 e. The molecule has 0 aliphatic carbocycles. The summed E-state index contributed by atoms with van der Waals surface area (Å²) in [6.07, 6.45) is 4.16. The van der Waals surface area contributed by atoms with E-state index in [1.807, 2.05) is 23.6 Å². The zero-order valence-electron chi connectivity index (χ0n) is 14.4. The molecule has 0 aliphatic heterocycles. The highest BCUT2D eigenvalue weighted by Gasteiger charge is 2.17. The van der Waals surface area contributed by atoms with Gasteiger partial charge >= 0.3 is 0 Å². The number of nitrogens with two attached hydrogens (primary N) is 1. The van der Waals surface area contributed by atoms with Crippen molar-refractivity contribution in [3.63, 3.8) is 0 Å². The minimum Gasteiger partial charge on any atom is -0.370 e. The maximum Gasteiger partial charge on any atom is 0.261 e. The Bertz CT molecular complexity index is 850. The maximum atomic E-state index is 12.7. The highest BCUT2D eigenvalue weighted by atomic mass is 32.1. The molecule has 0 unspecified atom stereocenters. The number of aromatic nitrogens is 3. The fourth-order valence-corrected chi connectivity index (χ4v) is 3.06. The molecule has 0 radical (unpaired) electrons. The van der Waals surface area contributed by atoms with Crippen molar-refractivity contribution in [1.29, 1.82) is 0 Å². The van der Waals surface area contributed by atoms with Crippen molar-refractivity contribution < 1.29 is 4.79 Å². The molecule has 3 heterocycles. The summed E-state index contributed by atoms with van der Waals surface area (Å²) in [6.45, 7) is 1.38. The average Bonchev–Trinajstić information content (AvgIpc) is 3.18. The number of hydrogen-bond donors (Lipinski definition) is 2. The van der Waals surface area contributed by atoms with Crippen molar-refractivity contribution in [2.75, 3.05) is 30.4 Å². The van der Waals surface area contributed by atoms with Crippen molar-refractivity contribution in [3.8, 4) is 11.4 Å². The number of rotatable bonds is 7. The third-order valence-corrected chi connectivity index (χ3v) is 4.63. The number of carbonyl (C=O) groups excluding carboxylic acids is 1. The monoisotopic (exact) mass is 368 g/mol. The first-order chi connectivity index (χ1) is 12.7. The van der Waals surface area contributed by atoms with Crippen LogP contribution >= 0.6 is 11.3 Å². The second-order valence-electron chi connectivity index (χ2n) is 5.60. The van der Waals surface area contributed by atoms with Gasteiger partial charge in [0.1, 0.15) is 11.5 Å². The van der Waals surface area contributed by atoms with Crippen molar-refractivity contribution in [3.05, 3.63) is 53.7 Å². The van der Waals surface area contributed by atoms with Gasteiger partial charge in [0.2, 0.25) is 0 Å². The van der Waals surface area contributed by atoms with Crippen LogP contribution in [0.3, 0.4) is 0 Å². The summed E-state index contributed by atoms with van der Waals surface area (Å²) < 4.78 is 0. The van der Waals surface area contributed by atoms with Crippen LogP contribution in [-0.4, -0.2) is 41.0 Å². The second kappa shape index (κ2) is 8.50. The van der Waals surface area contributed by atoms with E-state index in [-0.39, 0.29) is 5.91 Å². The molecule has 0 aliphatic rings. The van der Waals surface area contributed by atoms with E-state index >= 15 is 0 Å². The van der Waals surface area contributed by atoms with Gasteiger partial charge in [-0.15, -0.1) is 11.3 Å². The Hall–Kier alpha value is -2.84. The van der Waals surface area contributed by atoms with Crippen LogP contribution in [0.1, 0.15) is 16.8 Å². The van der Waals surface area contributed by atoms with Gasteiger partial charge in [0.15, 0.2) is 5.13 Å². The summed E-state index contributed by atoms with van der Waals surface area (Å²) in [5.74, 6) is 0.567. The van der Waals surface area contributed by atoms with Gasteiger partial charge in [0.25, 0.3) is 5.91 Å². The standard InChI is InChI=1S/C18H20N6OS/c1-24(18-23-15(12-26-18)14-5-2-3-9-20-14)17(25)13-6-7-16(22-11-13)21-10-4-8-19/h2-3,5-7,9,11-12H,4,8,10,19H2,1H3,(H,21,22). The Morgan fingerprint density at radius 3 is 2.81 bits per heavy atom. The van der Waals surface area contributed by atoms with Crippen LogP contribution in [0.5, 0.6) is 0 Å². The molecule has 0 fully saturated rings. The fourth-order valence-electron chi connectivity index (χ4n) is 2.27. The minimum atomic E-state index is -0.159. The molecule has 3 rings (SSSR count). The molecule has 0 atom stereocenters. The molecule has 0 saturated heterocycles. The van der Waals surface area contributed by atoms with Crippen LogP contribution in [-0.2, 0) is 0 Å². The molecule has 3 N–H and O–H groups in total. The molecule has 3 aromatic heterocycles. The Morgan fingerprint density at radius 1 is 1.23 bits per heavy atom. The van der Waals surface area contributed by atoms with E-state index in [1.54, 1.807) is 31.6 Å². The molecule has 3 aromatic rings. The summed E-state index contributed by atoms with van der Waals surface area (Å²) in [5.41, 5.74) is 7.51. The lowest BCUT2D eigenvalue weighted by Gasteiger charge is -2.14. The number of thiazole rings is 1. The second-order valence-corrected chi connectivity index (χ2v) is 6.43. The lowest BCUT2D eigenvalue weighted by atomic mass is 10.2. The van der Waals surface area contributed by atoms with Crippen molar-refractivity contribution in [2.45, 2.75) is 6.42 Å². The molecule has 0 saturated carbocycles. The molecule has 0 spiro atoms. The van der Waals surface area contributed by atoms with Crippen LogP contribution in [0.4, 0.5) is 10.9 Å². The summed E-state index contributed by atoms with van der Waals surface area (Å²) in [5, 5.41) is 5.67. The van der Waals surface area contributed by atoms with E-state index in [1.165, 1.54) is 16.2 Å². The third kappa shape index (κ3) is 4.22. The highest BCUT2D eigenvalue weighted by molar-refractivity contribution is 7.14. The largest absolute Gasteiger partial charge is 0.370 e. The molecule has 0 bridgehead atoms. The third-order valence-electron chi connectivity index (χ3n) is 3.71. The number of carbonyl (C=O) groups is 1. The van der Waals surface area contributed by atoms with Gasteiger partial charge in [-0.25, -0.2) is 9.97 Å². The van der Waals surface area contributed by atoms with Crippen LogP contribution in [0.25, 0.3) is 11.4 Å². The van der Waals surface area contributed by atoms with Crippen molar-refractivity contribution in [2.24, 2.45) is 5.73 Å². The van der Waals surface area contributed by atoms with Gasteiger partial charge in [0.05, 0.1) is 11.3 Å². The van der Waals surface area contributed by atoms with E-state index in [4.69, 9.17) is 5.73 Å². The van der Waals surface area contributed by atoms with E-state index in [9.17, 15) is 4.79 Å². The maximum absolute atomic E-state index is 12.7. The SMILES string of the molecule is CN(C(=O)c1ccc(NCCCN)nc1)c1nc(-c2ccccn2)cs1. The number of nitrogens with zero attached hydrogens (tertiary/aromatic N) is 4. The topological polar surface area (TPSA) is 97.0 Å². The summed E-state index contributed by atoms with van der Waals surface area (Å²) in [4.78, 5) is 27.3. The summed E-state index contributed by atoms with van der Waals surface area (Å²) in [7, 11) is 1.71. The van der Waals surface area contributed by atoms with E-state index in [0.717, 1.165) is 30.2 Å². The van der Waals surface area contributed by atoms with E-state index in [2.05, 4.69) is 20.3 Å². The Morgan fingerprint density at radius 2 is 2.12 bits per heavy atom. The van der Waals surface area contributed by atoms with Gasteiger partial charge in [-0.1, -0.05) is 6.07 Å². The molecular formula is C18H20N6OS. The van der Waals surface area contributed by atoms with Gasteiger partial charge in [0, 0.05) is 31.4 Å². The van der Waals surface area contributed by atoms with Crippen molar-refractivity contribution in [1.82, 2.24) is 15.0 Å². The molecule has 8 heteroatoms. The first-order valence-electron chi connectivity index (χ1n) is 8.24.